The van der Waals surface area contributed by atoms with Gasteiger partial charge in [-0.2, -0.15) is 4.98 Å². The Kier molecular flexibility index (Phi) is 2.90. The first-order valence-electron chi connectivity index (χ1n) is 5.16. The molecule has 84 valence electrons. The third-order valence-electron chi connectivity index (χ3n) is 2.11. The Bertz CT molecular complexity index is 497. The van der Waals surface area contributed by atoms with Crippen molar-refractivity contribution in [2.45, 2.75) is 20.0 Å². The molecule has 0 atom stereocenters. The van der Waals surface area contributed by atoms with Crippen molar-refractivity contribution in [3.8, 4) is 11.8 Å². The molecular formula is C12H14N2O2. The number of ether oxygens (including phenoxy) is 2. The zero-order valence-corrected chi connectivity index (χ0v) is 9.60. The van der Waals surface area contributed by atoms with Crippen molar-refractivity contribution in [3.63, 3.8) is 0 Å². The van der Waals surface area contributed by atoms with E-state index < -0.39 is 0 Å². The van der Waals surface area contributed by atoms with Crippen molar-refractivity contribution in [3.05, 3.63) is 24.4 Å². The molecule has 4 heteroatoms. The number of fused-ring (bicyclic) bond motifs is 1. The van der Waals surface area contributed by atoms with Gasteiger partial charge in [-0.3, -0.25) is 0 Å². The first kappa shape index (κ1) is 10.7. The second-order valence-corrected chi connectivity index (χ2v) is 3.74. The van der Waals surface area contributed by atoms with Crippen LogP contribution in [0.3, 0.4) is 0 Å². The van der Waals surface area contributed by atoms with Crippen molar-refractivity contribution in [2.75, 3.05) is 7.11 Å². The minimum absolute atomic E-state index is 0.0723. The molecule has 0 aliphatic rings. The van der Waals surface area contributed by atoms with Crippen LogP contribution >= 0.6 is 0 Å². The van der Waals surface area contributed by atoms with Crippen LogP contribution in [0.15, 0.2) is 24.4 Å². The molecule has 0 aliphatic heterocycles. The Morgan fingerprint density at radius 1 is 1.25 bits per heavy atom. The van der Waals surface area contributed by atoms with Gasteiger partial charge in [0.25, 0.3) is 0 Å². The molecule has 0 bridgehead atoms. The molecule has 4 nitrogen and oxygen atoms in total. The first-order chi connectivity index (χ1) is 7.69. The number of hydrogen-bond donors (Lipinski definition) is 0. The number of rotatable bonds is 3. The zero-order valence-electron chi connectivity index (χ0n) is 9.60. The Morgan fingerprint density at radius 2 is 2.06 bits per heavy atom. The van der Waals surface area contributed by atoms with Crippen LogP contribution in [-0.2, 0) is 0 Å². The van der Waals surface area contributed by atoms with E-state index >= 15 is 0 Å². The highest BCUT2D eigenvalue weighted by atomic mass is 16.5. The summed E-state index contributed by atoms with van der Waals surface area (Å²) in [7, 11) is 1.63. The minimum atomic E-state index is 0.0723. The lowest BCUT2D eigenvalue weighted by molar-refractivity contribution is 0.223. The average molecular weight is 218 g/mol. The number of hydrogen-bond acceptors (Lipinski definition) is 4. The van der Waals surface area contributed by atoms with E-state index in [4.69, 9.17) is 9.47 Å². The predicted octanol–water partition coefficient (Wildman–Crippen LogP) is 2.43. The fourth-order valence-electron chi connectivity index (χ4n) is 1.38. The summed E-state index contributed by atoms with van der Waals surface area (Å²) in [6.07, 6.45) is 1.82. The summed E-state index contributed by atoms with van der Waals surface area (Å²) in [5.74, 6) is 0.779. The Labute approximate surface area is 94.2 Å². The minimum Gasteiger partial charge on any atom is -0.497 e. The Morgan fingerprint density at radius 3 is 2.75 bits per heavy atom. The lowest BCUT2D eigenvalue weighted by atomic mass is 10.2. The summed E-state index contributed by atoms with van der Waals surface area (Å²) in [6, 6.07) is 6.07. The molecule has 1 heterocycles. The van der Waals surface area contributed by atoms with Crippen molar-refractivity contribution in [2.24, 2.45) is 0 Å². The van der Waals surface area contributed by atoms with Crippen LogP contribution in [0.5, 0.6) is 11.8 Å². The van der Waals surface area contributed by atoms with Gasteiger partial charge in [0.2, 0.25) is 0 Å². The van der Waals surface area contributed by atoms with Crippen LogP contribution < -0.4 is 9.47 Å². The SMILES string of the molecule is COc1ccc2cnc(OC(C)C)nc2c1. The molecule has 0 aliphatic carbocycles. The van der Waals surface area contributed by atoms with Gasteiger partial charge in [-0.05, 0) is 26.0 Å². The molecule has 1 aromatic heterocycles. The maximum Gasteiger partial charge on any atom is 0.317 e. The highest BCUT2D eigenvalue weighted by Gasteiger charge is 2.03. The van der Waals surface area contributed by atoms with Gasteiger partial charge in [0.15, 0.2) is 0 Å². The summed E-state index contributed by atoms with van der Waals surface area (Å²) in [6.45, 7) is 3.89. The van der Waals surface area contributed by atoms with Crippen molar-refractivity contribution in [1.29, 1.82) is 0 Å². The van der Waals surface area contributed by atoms with Crippen LogP contribution in [0, 0.1) is 0 Å². The van der Waals surface area contributed by atoms with E-state index in [1.165, 1.54) is 0 Å². The van der Waals surface area contributed by atoms with E-state index in [-0.39, 0.29) is 6.10 Å². The van der Waals surface area contributed by atoms with Crippen molar-refractivity contribution in [1.82, 2.24) is 9.97 Å². The summed E-state index contributed by atoms with van der Waals surface area (Å²) in [4.78, 5) is 8.44. The number of benzene rings is 1. The Hall–Kier alpha value is -1.84. The molecular weight excluding hydrogens is 204 g/mol. The number of nitrogens with zero attached hydrogens (tertiary/aromatic N) is 2. The van der Waals surface area contributed by atoms with E-state index in [1.54, 1.807) is 13.3 Å². The van der Waals surface area contributed by atoms with Crippen molar-refractivity contribution >= 4 is 10.9 Å². The van der Waals surface area contributed by atoms with E-state index in [0.717, 1.165) is 16.7 Å². The lowest BCUT2D eigenvalue weighted by Gasteiger charge is -2.08. The van der Waals surface area contributed by atoms with Crippen LogP contribution in [0.1, 0.15) is 13.8 Å². The fraction of sp³-hybridized carbons (Fsp3) is 0.333. The van der Waals surface area contributed by atoms with E-state index in [2.05, 4.69) is 9.97 Å². The maximum absolute atomic E-state index is 5.43. The van der Waals surface area contributed by atoms with Gasteiger partial charge in [-0.1, -0.05) is 0 Å². The normalized spacial score (nSPS) is 10.8. The quantitative estimate of drug-likeness (QED) is 0.793. The van der Waals surface area contributed by atoms with E-state index in [9.17, 15) is 0 Å². The second-order valence-electron chi connectivity index (χ2n) is 3.74. The molecule has 1 aromatic carbocycles. The monoisotopic (exact) mass is 218 g/mol. The predicted molar refractivity (Wildman–Crippen MR) is 61.9 cm³/mol. The average Bonchev–Trinajstić information content (AvgIpc) is 2.27. The molecule has 0 saturated heterocycles. The van der Waals surface area contributed by atoms with Gasteiger partial charge in [0.1, 0.15) is 5.75 Å². The number of methoxy groups -OCH3 is 1. The van der Waals surface area contributed by atoms with Gasteiger partial charge in [-0.15, -0.1) is 0 Å². The van der Waals surface area contributed by atoms with Crippen LogP contribution in [0.4, 0.5) is 0 Å². The van der Waals surface area contributed by atoms with Gasteiger partial charge in [-0.25, -0.2) is 4.98 Å². The molecule has 0 radical (unpaired) electrons. The standard InChI is InChI=1S/C12H14N2O2/c1-8(2)16-12-13-7-9-4-5-10(15-3)6-11(9)14-12/h4-8H,1-3H3. The Balaban J connectivity index is 2.42. The second kappa shape index (κ2) is 4.35. The molecule has 0 amide bonds. The van der Waals surface area contributed by atoms with Gasteiger partial charge in [0.05, 0.1) is 18.7 Å². The van der Waals surface area contributed by atoms with Gasteiger partial charge >= 0.3 is 6.01 Å². The van der Waals surface area contributed by atoms with E-state index in [1.807, 2.05) is 32.0 Å². The maximum atomic E-state index is 5.43. The molecule has 0 saturated carbocycles. The summed E-state index contributed by atoms with van der Waals surface area (Å²) in [5, 5.41) is 0.969. The van der Waals surface area contributed by atoms with Gasteiger partial charge < -0.3 is 9.47 Å². The first-order valence-corrected chi connectivity index (χ1v) is 5.16. The third-order valence-corrected chi connectivity index (χ3v) is 2.11. The molecule has 2 rings (SSSR count). The largest absolute Gasteiger partial charge is 0.497 e. The molecule has 0 unspecified atom stereocenters. The molecule has 2 aromatic rings. The van der Waals surface area contributed by atoms with E-state index in [0.29, 0.717) is 6.01 Å². The molecule has 0 N–H and O–H groups in total. The zero-order chi connectivity index (χ0) is 11.5. The topological polar surface area (TPSA) is 44.2 Å². The highest BCUT2D eigenvalue weighted by Crippen LogP contribution is 2.20. The van der Waals surface area contributed by atoms with Crippen molar-refractivity contribution < 1.29 is 9.47 Å². The summed E-state index contributed by atoms with van der Waals surface area (Å²) < 4.78 is 10.6. The third kappa shape index (κ3) is 2.21. The van der Waals surface area contributed by atoms with Gasteiger partial charge in [0, 0.05) is 17.6 Å². The van der Waals surface area contributed by atoms with Crippen LogP contribution in [-0.4, -0.2) is 23.2 Å². The summed E-state index contributed by atoms with van der Waals surface area (Å²) in [5.41, 5.74) is 0.824. The molecule has 0 spiro atoms. The summed E-state index contributed by atoms with van der Waals surface area (Å²) >= 11 is 0. The fourth-order valence-corrected chi connectivity index (χ4v) is 1.38. The highest BCUT2D eigenvalue weighted by molar-refractivity contribution is 5.79. The molecule has 16 heavy (non-hydrogen) atoms. The number of aromatic nitrogens is 2. The lowest BCUT2D eigenvalue weighted by Crippen LogP contribution is -2.08. The van der Waals surface area contributed by atoms with Crippen LogP contribution in [0.2, 0.25) is 0 Å². The van der Waals surface area contributed by atoms with Crippen LogP contribution in [0.25, 0.3) is 10.9 Å². The molecule has 0 fully saturated rings. The smallest absolute Gasteiger partial charge is 0.317 e.